The summed E-state index contributed by atoms with van der Waals surface area (Å²) in [5.41, 5.74) is 3.09. The average molecular weight is 415 g/mol. The number of amides is 1. The molecule has 0 radical (unpaired) electrons. The van der Waals surface area contributed by atoms with E-state index in [2.05, 4.69) is 21.8 Å². The number of carbonyl (C=O) groups is 1. The van der Waals surface area contributed by atoms with Crippen LogP contribution in [-0.4, -0.2) is 52.8 Å². The van der Waals surface area contributed by atoms with Crippen molar-refractivity contribution in [1.29, 1.82) is 0 Å². The largest absolute Gasteiger partial charge is 0.368 e. The number of carbonyl (C=O) groups excluding carboxylic acids is 1. The highest BCUT2D eigenvalue weighted by atomic mass is 35.5. The van der Waals surface area contributed by atoms with Gasteiger partial charge in [-0.05, 0) is 36.6 Å². The van der Waals surface area contributed by atoms with Gasteiger partial charge in [0.25, 0.3) is 0 Å². The van der Waals surface area contributed by atoms with Gasteiger partial charge in [-0.2, -0.15) is 11.8 Å². The Morgan fingerprint density at radius 2 is 1.89 bits per heavy atom. The molecule has 28 heavy (non-hydrogen) atoms. The van der Waals surface area contributed by atoms with Crippen LogP contribution in [0.4, 0.5) is 5.69 Å². The van der Waals surface area contributed by atoms with Gasteiger partial charge in [-0.25, -0.2) is 4.98 Å². The number of benzene rings is 2. The molecule has 0 saturated carbocycles. The molecule has 146 valence electrons. The summed E-state index contributed by atoms with van der Waals surface area (Å²) < 4.78 is 2.07. The average Bonchev–Trinajstić information content (AvgIpc) is 3.06. The van der Waals surface area contributed by atoms with Crippen LogP contribution >= 0.6 is 23.4 Å². The van der Waals surface area contributed by atoms with E-state index in [9.17, 15) is 4.79 Å². The number of anilines is 1. The minimum absolute atomic E-state index is 0.149. The lowest BCUT2D eigenvalue weighted by Crippen LogP contribution is -2.49. The molecule has 0 aliphatic carbocycles. The first-order valence-electron chi connectivity index (χ1n) is 9.37. The van der Waals surface area contributed by atoms with Gasteiger partial charge < -0.3 is 14.4 Å². The second-order valence-electron chi connectivity index (χ2n) is 6.88. The highest BCUT2D eigenvalue weighted by molar-refractivity contribution is 7.97. The summed E-state index contributed by atoms with van der Waals surface area (Å²) in [5, 5.41) is 0.740. The molecule has 1 fully saturated rings. The quantitative estimate of drug-likeness (QED) is 0.634. The third kappa shape index (κ3) is 3.98. The number of nitrogens with zero attached hydrogens (tertiary/aromatic N) is 4. The molecule has 0 N–H and O–H groups in total. The highest BCUT2D eigenvalue weighted by Crippen LogP contribution is 2.22. The molecule has 1 aromatic heterocycles. The molecule has 4 rings (SSSR count). The lowest BCUT2D eigenvalue weighted by Gasteiger charge is -2.36. The first-order valence-corrected chi connectivity index (χ1v) is 11.1. The van der Waals surface area contributed by atoms with Crippen LogP contribution in [0.2, 0.25) is 5.02 Å². The number of hydrogen-bond donors (Lipinski definition) is 0. The second kappa shape index (κ2) is 8.45. The molecule has 2 heterocycles. The van der Waals surface area contributed by atoms with Gasteiger partial charge in [-0.15, -0.1) is 0 Å². The van der Waals surface area contributed by atoms with E-state index in [1.165, 1.54) is 0 Å². The van der Waals surface area contributed by atoms with E-state index in [0.717, 1.165) is 59.5 Å². The topological polar surface area (TPSA) is 41.4 Å². The number of rotatable bonds is 5. The molecule has 5 nitrogen and oxygen atoms in total. The number of piperazine rings is 1. The number of aromatic nitrogens is 2. The van der Waals surface area contributed by atoms with Gasteiger partial charge in [0.15, 0.2) is 0 Å². The molecule has 0 atom stereocenters. The third-order valence-electron chi connectivity index (χ3n) is 5.11. The Hall–Kier alpha value is -2.18. The molecular weight excluding hydrogens is 392 g/mol. The maximum absolute atomic E-state index is 13.0. The molecule has 1 amide bonds. The molecule has 0 spiro atoms. The fourth-order valence-corrected chi connectivity index (χ4v) is 4.33. The lowest BCUT2D eigenvalue weighted by atomic mass is 10.2. The summed E-state index contributed by atoms with van der Waals surface area (Å²) in [4.78, 5) is 21.9. The number of hydrogen-bond acceptors (Lipinski definition) is 4. The van der Waals surface area contributed by atoms with Gasteiger partial charge in [0, 0.05) is 36.9 Å². The standard InChI is InChI=1S/C21H23ClN4OS/c1-28-15-20-23-18-7-2-3-8-19(18)26(20)14-21(27)25-11-9-24(10-12-25)17-6-4-5-16(22)13-17/h2-8,13H,9-12,14-15H2,1H3. The number of halogens is 1. The Morgan fingerprint density at radius 1 is 1.11 bits per heavy atom. The summed E-state index contributed by atoms with van der Waals surface area (Å²) in [5.74, 6) is 1.90. The van der Waals surface area contributed by atoms with Crippen molar-refractivity contribution in [3.63, 3.8) is 0 Å². The summed E-state index contributed by atoms with van der Waals surface area (Å²) in [6.07, 6.45) is 2.06. The highest BCUT2D eigenvalue weighted by Gasteiger charge is 2.23. The zero-order valence-corrected chi connectivity index (χ0v) is 17.4. The molecule has 3 aromatic rings. The van der Waals surface area contributed by atoms with Crippen LogP contribution in [0.3, 0.4) is 0 Å². The lowest BCUT2D eigenvalue weighted by molar-refractivity contribution is -0.132. The SMILES string of the molecule is CSCc1nc2ccccc2n1CC(=O)N1CCN(c2cccc(Cl)c2)CC1. The Labute approximate surface area is 174 Å². The maximum Gasteiger partial charge on any atom is 0.242 e. The molecule has 0 bridgehead atoms. The minimum Gasteiger partial charge on any atom is -0.368 e. The van der Waals surface area contributed by atoms with Crippen molar-refractivity contribution < 1.29 is 4.79 Å². The van der Waals surface area contributed by atoms with Crippen molar-refractivity contribution in [2.75, 3.05) is 37.3 Å². The van der Waals surface area contributed by atoms with E-state index in [1.54, 1.807) is 11.8 Å². The van der Waals surface area contributed by atoms with Crippen molar-refractivity contribution in [3.05, 3.63) is 59.4 Å². The molecule has 7 heteroatoms. The van der Waals surface area contributed by atoms with Crippen LogP contribution in [0.5, 0.6) is 0 Å². The van der Waals surface area contributed by atoms with Gasteiger partial charge >= 0.3 is 0 Å². The van der Waals surface area contributed by atoms with Gasteiger partial charge in [0.1, 0.15) is 12.4 Å². The number of imidazole rings is 1. The maximum atomic E-state index is 13.0. The predicted molar refractivity (Wildman–Crippen MR) is 117 cm³/mol. The van der Waals surface area contributed by atoms with Gasteiger partial charge in [-0.1, -0.05) is 29.8 Å². The number of thioether (sulfide) groups is 1. The van der Waals surface area contributed by atoms with E-state index >= 15 is 0 Å². The fourth-order valence-electron chi connectivity index (χ4n) is 3.66. The molecule has 1 saturated heterocycles. The van der Waals surface area contributed by atoms with E-state index in [1.807, 2.05) is 47.4 Å². The van der Waals surface area contributed by atoms with Gasteiger partial charge in [-0.3, -0.25) is 4.79 Å². The van der Waals surface area contributed by atoms with Crippen LogP contribution in [-0.2, 0) is 17.1 Å². The third-order valence-corrected chi connectivity index (χ3v) is 5.89. The van der Waals surface area contributed by atoms with Crippen molar-refractivity contribution in [3.8, 4) is 0 Å². The first-order chi connectivity index (χ1) is 13.7. The predicted octanol–water partition coefficient (Wildman–Crippen LogP) is 3.90. The van der Waals surface area contributed by atoms with E-state index < -0.39 is 0 Å². The van der Waals surface area contributed by atoms with E-state index in [0.29, 0.717) is 6.54 Å². The summed E-state index contributed by atoms with van der Waals surface area (Å²) in [7, 11) is 0. The van der Waals surface area contributed by atoms with Crippen LogP contribution in [0.15, 0.2) is 48.5 Å². The molecule has 1 aliphatic rings. The van der Waals surface area contributed by atoms with Crippen molar-refractivity contribution in [2.45, 2.75) is 12.3 Å². The number of fused-ring (bicyclic) bond motifs is 1. The van der Waals surface area contributed by atoms with Crippen molar-refractivity contribution >= 4 is 46.0 Å². The van der Waals surface area contributed by atoms with Crippen LogP contribution in [0, 0.1) is 0 Å². The van der Waals surface area contributed by atoms with Crippen LogP contribution in [0.25, 0.3) is 11.0 Å². The smallest absolute Gasteiger partial charge is 0.242 e. The Balaban J connectivity index is 1.45. The fraction of sp³-hybridized carbons (Fsp3) is 0.333. The monoisotopic (exact) mass is 414 g/mol. The minimum atomic E-state index is 0.149. The molecule has 0 unspecified atom stereocenters. The number of para-hydroxylation sites is 2. The first kappa shape index (κ1) is 19.2. The van der Waals surface area contributed by atoms with Crippen LogP contribution < -0.4 is 4.90 Å². The van der Waals surface area contributed by atoms with E-state index in [4.69, 9.17) is 16.6 Å². The Kier molecular flexibility index (Phi) is 5.78. The summed E-state index contributed by atoms with van der Waals surface area (Å²) in [6, 6.07) is 15.9. The van der Waals surface area contributed by atoms with Gasteiger partial charge in [0.2, 0.25) is 5.91 Å². The molecule has 1 aliphatic heterocycles. The Morgan fingerprint density at radius 3 is 2.64 bits per heavy atom. The van der Waals surface area contributed by atoms with Crippen molar-refractivity contribution in [1.82, 2.24) is 14.5 Å². The van der Waals surface area contributed by atoms with E-state index in [-0.39, 0.29) is 5.91 Å². The zero-order valence-electron chi connectivity index (χ0n) is 15.8. The summed E-state index contributed by atoms with van der Waals surface area (Å²) >= 11 is 7.83. The second-order valence-corrected chi connectivity index (χ2v) is 8.19. The summed E-state index contributed by atoms with van der Waals surface area (Å²) in [6.45, 7) is 3.40. The van der Waals surface area contributed by atoms with Gasteiger partial charge in [0.05, 0.1) is 16.8 Å². The normalized spacial score (nSPS) is 14.6. The molecule has 2 aromatic carbocycles. The van der Waals surface area contributed by atoms with Crippen LogP contribution in [0.1, 0.15) is 5.82 Å². The Bertz CT molecular complexity index is 981. The molecular formula is C21H23ClN4OS. The zero-order chi connectivity index (χ0) is 19.5. The van der Waals surface area contributed by atoms with Crippen molar-refractivity contribution in [2.24, 2.45) is 0 Å².